The number of nitrogens with two attached hydrogens (primary N) is 1. The second-order valence-corrected chi connectivity index (χ2v) is 6.60. The maximum absolute atomic E-state index is 14.1. The standard InChI is InChI=1S/C16H25ClFN3/c1-20(2)11-12-5-7-21(8-6-12)16(10-19)14-9-13(17)3-4-15(14)18/h3-4,9,12,16H,5-8,10-11,19H2,1-2H3. The summed E-state index contributed by atoms with van der Waals surface area (Å²) in [5.41, 5.74) is 6.53. The van der Waals surface area contributed by atoms with Gasteiger partial charge in [-0.05, 0) is 64.1 Å². The maximum Gasteiger partial charge on any atom is 0.128 e. The average molecular weight is 314 g/mol. The SMILES string of the molecule is CN(C)CC1CCN(C(CN)c2cc(Cl)ccc2F)CC1. The van der Waals surface area contributed by atoms with Gasteiger partial charge in [-0.1, -0.05) is 11.6 Å². The lowest BCUT2D eigenvalue weighted by Gasteiger charge is -2.38. The molecule has 2 rings (SSSR count). The van der Waals surface area contributed by atoms with Crippen molar-refractivity contribution < 1.29 is 4.39 Å². The first-order valence-electron chi connectivity index (χ1n) is 7.55. The molecule has 1 saturated heterocycles. The highest BCUT2D eigenvalue weighted by molar-refractivity contribution is 6.30. The lowest BCUT2D eigenvalue weighted by Crippen LogP contribution is -2.41. The van der Waals surface area contributed by atoms with Crippen molar-refractivity contribution >= 4 is 11.6 Å². The van der Waals surface area contributed by atoms with Gasteiger partial charge in [0.2, 0.25) is 0 Å². The van der Waals surface area contributed by atoms with Crippen LogP contribution in [0.2, 0.25) is 5.02 Å². The van der Waals surface area contributed by atoms with E-state index in [2.05, 4.69) is 23.9 Å². The quantitative estimate of drug-likeness (QED) is 0.907. The van der Waals surface area contributed by atoms with Crippen LogP contribution in [-0.2, 0) is 0 Å². The third kappa shape index (κ3) is 4.39. The van der Waals surface area contributed by atoms with Crippen molar-refractivity contribution in [2.45, 2.75) is 18.9 Å². The summed E-state index contributed by atoms with van der Waals surface area (Å²) in [6.07, 6.45) is 2.27. The minimum atomic E-state index is -0.217. The molecule has 0 radical (unpaired) electrons. The maximum atomic E-state index is 14.1. The van der Waals surface area contributed by atoms with E-state index in [0.717, 1.165) is 38.4 Å². The number of rotatable bonds is 5. The Kier molecular flexibility index (Phi) is 5.99. The summed E-state index contributed by atoms with van der Waals surface area (Å²) < 4.78 is 14.1. The monoisotopic (exact) mass is 313 g/mol. The van der Waals surface area contributed by atoms with Gasteiger partial charge in [0.15, 0.2) is 0 Å². The highest BCUT2D eigenvalue weighted by atomic mass is 35.5. The van der Waals surface area contributed by atoms with Crippen molar-refractivity contribution in [3.05, 3.63) is 34.6 Å². The van der Waals surface area contributed by atoms with E-state index in [1.165, 1.54) is 6.07 Å². The Morgan fingerprint density at radius 2 is 2.05 bits per heavy atom. The number of benzene rings is 1. The molecule has 1 aromatic rings. The van der Waals surface area contributed by atoms with Crippen LogP contribution < -0.4 is 5.73 Å². The summed E-state index contributed by atoms with van der Waals surface area (Å²) in [4.78, 5) is 4.53. The van der Waals surface area contributed by atoms with Crippen molar-refractivity contribution in [1.29, 1.82) is 0 Å². The van der Waals surface area contributed by atoms with Crippen molar-refractivity contribution in [3.63, 3.8) is 0 Å². The molecule has 0 aliphatic carbocycles. The van der Waals surface area contributed by atoms with Crippen LogP contribution in [0.3, 0.4) is 0 Å². The normalized spacial score (nSPS) is 19.1. The number of piperidine rings is 1. The fraction of sp³-hybridized carbons (Fsp3) is 0.625. The van der Waals surface area contributed by atoms with Crippen LogP contribution in [0.4, 0.5) is 4.39 Å². The minimum absolute atomic E-state index is 0.0796. The highest BCUT2D eigenvalue weighted by Gasteiger charge is 2.27. The average Bonchev–Trinajstić information content (AvgIpc) is 2.44. The summed E-state index contributed by atoms with van der Waals surface area (Å²) >= 11 is 6.01. The molecule has 1 fully saturated rings. The van der Waals surface area contributed by atoms with Crippen molar-refractivity contribution in [2.75, 3.05) is 40.3 Å². The fourth-order valence-electron chi connectivity index (χ4n) is 3.21. The molecule has 0 bridgehead atoms. The van der Waals surface area contributed by atoms with Crippen LogP contribution >= 0.6 is 11.6 Å². The number of hydrogen-bond donors (Lipinski definition) is 1. The molecule has 1 aliphatic heterocycles. The number of nitrogens with zero attached hydrogens (tertiary/aromatic N) is 2. The van der Waals surface area contributed by atoms with E-state index < -0.39 is 0 Å². The zero-order chi connectivity index (χ0) is 15.4. The summed E-state index contributed by atoms with van der Waals surface area (Å²) in [7, 11) is 4.22. The van der Waals surface area contributed by atoms with E-state index in [1.54, 1.807) is 12.1 Å². The fourth-order valence-corrected chi connectivity index (χ4v) is 3.39. The minimum Gasteiger partial charge on any atom is -0.329 e. The molecule has 5 heteroatoms. The van der Waals surface area contributed by atoms with Gasteiger partial charge < -0.3 is 10.6 Å². The molecule has 2 N–H and O–H groups in total. The number of halogens is 2. The smallest absolute Gasteiger partial charge is 0.128 e. The van der Waals surface area contributed by atoms with Gasteiger partial charge in [0.1, 0.15) is 5.82 Å². The lowest BCUT2D eigenvalue weighted by atomic mass is 9.93. The topological polar surface area (TPSA) is 32.5 Å². The first-order valence-corrected chi connectivity index (χ1v) is 7.93. The molecule has 0 saturated carbocycles. The molecule has 1 aromatic carbocycles. The zero-order valence-electron chi connectivity index (χ0n) is 12.9. The summed E-state index contributed by atoms with van der Waals surface area (Å²) in [6, 6.07) is 4.64. The molecule has 1 atom stereocenters. The second-order valence-electron chi connectivity index (χ2n) is 6.16. The molecule has 21 heavy (non-hydrogen) atoms. The van der Waals surface area contributed by atoms with E-state index >= 15 is 0 Å². The van der Waals surface area contributed by atoms with Crippen LogP contribution in [0.1, 0.15) is 24.4 Å². The van der Waals surface area contributed by atoms with E-state index in [4.69, 9.17) is 17.3 Å². The van der Waals surface area contributed by atoms with E-state index in [-0.39, 0.29) is 11.9 Å². The Hall–Kier alpha value is -0.680. The Morgan fingerprint density at radius 1 is 1.38 bits per heavy atom. The van der Waals surface area contributed by atoms with Crippen molar-refractivity contribution in [2.24, 2.45) is 11.7 Å². The van der Waals surface area contributed by atoms with Crippen molar-refractivity contribution in [3.8, 4) is 0 Å². The molecule has 0 amide bonds. The Bertz CT molecular complexity index is 459. The number of hydrogen-bond acceptors (Lipinski definition) is 3. The van der Waals surface area contributed by atoms with E-state index in [1.807, 2.05) is 0 Å². The van der Waals surface area contributed by atoms with Gasteiger partial charge in [-0.15, -0.1) is 0 Å². The predicted octanol–water partition coefficient (Wildman–Crippen LogP) is 2.75. The zero-order valence-corrected chi connectivity index (χ0v) is 13.6. The van der Waals surface area contributed by atoms with Crippen LogP contribution in [0.25, 0.3) is 0 Å². The van der Waals surface area contributed by atoms with Gasteiger partial charge in [0.25, 0.3) is 0 Å². The molecule has 0 spiro atoms. The Balaban J connectivity index is 2.04. The molecule has 1 aliphatic rings. The summed E-state index contributed by atoms with van der Waals surface area (Å²) in [6.45, 7) is 3.46. The Labute approximate surface area is 131 Å². The highest BCUT2D eigenvalue weighted by Crippen LogP contribution is 2.29. The summed E-state index contributed by atoms with van der Waals surface area (Å²) in [5, 5.41) is 0.562. The largest absolute Gasteiger partial charge is 0.329 e. The molecule has 118 valence electrons. The van der Waals surface area contributed by atoms with Gasteiger partial charge in [-0.25, -0.2) is 4.39 Å². The second kappa shape index (κ2) is 7.54. The molecule has 1 heterocycles. The Morgan fingerprint density at radius 3 is 2.62 bits per heavy atom. The van der Waals surface area contributed by atoms with E-state index in [9.17, 15) is 4.39 Å². The molecule has 1 unspecified atom stereocenters. The third-order valence-electron chi connectivity index (χ3n) is 4.25. The number of likely N-dealkylation sites (tertiary alicyclic amines) is 1. The first-order chi connectivity index (χ1) is 10.0. The predicted molar refractivity (Wildman–Crippen MR) is 86.1 cm³/mol. The first kappa shape index (κ1) is 16.7. The van der Waals surface area contributed by atoms with Gasteiger partial charge in [0.05, 0.1) is 0 Å². The van der Waals surface area contributed by atoms with E-state index in [0.29, 0.717) is 17.1 Å². The molecular weight excluding hydrogens is 289 g/mol. The van der Waals surface area contributed by atoms with Crippen molar-refractivity contribution in [1.82, 2.24) is 9.80 Å². The van der Waals surface area contributed by atoms with Gasteiger partial charge in [0, 0.05) is 29.7 Å². The van der Waals surface area contributed by atoms with Crippen LogP contribution in [0.15, 0.2) is 18.2 Å². The summed E-state index contributed by atoms with van der Waals surface area (Å²) in [5.74, 6) is 0.504. The molecular formula is C16H25ClFN3. The van der Waals surface area contributed by atoms with Crippen LogP contribution in [-0.4, -0.2) is 50.1 Å². The van der Waals surface area contributed by atoms with Crippen LogP contribution in [0, 0.1) is 11.7 Å². The van der Waals surface area contributed by atoms with Gasteiger partial charge in [-0.3, -0.25) is 4.90 Å². The third-order valence-corrected chi connectivity index (χ3v) is 4.49. The van der Waals surface area contributed by atoms with Gasteiger partial charge >= 0.3 is 0 Å². The van der Waals surface area contributed by atoms with Crippen LogP contribution in [0.5, 0.6) is 0 Å². The molecule has 0 aromatic heterocycles. The lowest BCUT2D eigenvalue weighted by molar-refractivity contribution is 0.121. The molecule has 3 nitrogen and oxygen atoms in total. The van der Waals surface area contributed by atoms with Gasteiger partial charge in [-0.2, -0.15) is 0 Å².